The lowest BCUT2D eigenvalue weighted by atomic mass is 9.89. The van der Waals surface area contributed by atoms with E-state index in [1.54, 1.807) is 23.9 Å². The van der Waals surface area contributed by atoms with Gasteiger partial charge in [0.1, 0.15) is 11.6 Å². The molecule has 33 heavy (non-hydrogen) atoms. The van der Waals surface area contributed by atoms with Crippen molar-refractivity contribution in [1.29, 1.82) is 0 Å². The fourth-order valence-electron chi connectivity index (χ4n) is 4.34. The van der Waals surface area contributed by atoms with Crippen molar-refractivity contribution in [3.8, 4) is 5.75 Å². The van der Waals surface area contributed by atoms with Crippen molar-refractivity contribution in [2.75, 3.05) is 34.3 Å². The Hall–Kier alpha value is -2.62. The number of likely N-dealkylation sites (N-methyl/N-ethyl adjacent to an activating group) is 1. The minimum Gasteiger partial charge on any atom is -0.496 e. The van der Waals surface area contributed by atoms with E-state index in [2.05, 4.69) is 0 Å². The highest BCUT2D eigenvalue weighted by Gasteiger charge is 2.40. The van der Waals surface area contributed by atoms with Crippen molar-refractivity contribution < 1.29 is 27.5 Å². The average molecular weight is 466 g/mol. The van der Waals surface area contributed by atoms with Crippen LogP contribution in [0.4, 0.5) is 13.2 Å². The highest BCUT2D eigenvalue weighted by Crippen LogP contribution is 2.37. The van der Waals surface area contributed by atoms with Crippen LogP contribution in [0.5, 0.6) is 5.75 Å². The van der Waals surface area contributed by atoms with Gasteiger partial charge in [0.05, 0.1) is 32.3 Å². The summed E-state index contributed by atoms with van der Waals surface area (Å²) in [5, 5.41) is 1.18. The molecule has 2 aromatic rings. The fraction of sp³-hybridized carbons (Fsp3) is 0.458. The van der Waals surface area contributed by atoms with Crippen LogP contribution >= 0.6 is 0 Å². The van der Waals surface area contributed by atoms with Crippen molar-refractivity contribution in [3.63, 3.8) is 0 Å². The van der Waals surface area contributed by atoms with E-state index in [1.807, 2.05) is 30.3 Å². The summed E-state index contributed by atoms with van der Waals surface area (Å²) in [5.41, 5.74) is 1.20. The average Bonchev–Trinajstić information content (AvgIpc) is 2.78. The Kier molecular flexibility index (Phi) is 8.71. The van der Waals surface area contributed by atoms with Crippen LogP contribution in [0.15, 0.2) is 48.5 Å². The first-order valence-electron chi connectivity index (χ1n) is 10.8. The molecule has 3 rings (SSSR count). The van der Waals surface area contributed by atoms with Gasteiger partial charge in [-0.25, -0.2) is 9.23 Å². The molecule has 2 unspecified atom stereocenters. The third-order valence-corrected chi connectivity index (χ3v) is 5.67. The molecule has 0 aliphatic carbocycles. The molecule has 0 aromatic heterocycles. The molecule has 2 atom stereocenters. The first kappa shape index (κ1) is 25.0. The lowest BCUT2D eigenvalue weighted by molar-refractivity contribution is -0.312. The number of benzene rings is 2. The molecule has 180 valence electrons. The summed E-state index contributed by atoms with van der Waals surface area (Å²) in [4.78, 5) is 21.6. The number of halogens is 3. The Morgan fingerprint density at radius 1 is 1.18 bits per heavy atom. The fourth-order valence-corrected chi connectivity index (χ4v) is 4.34. The number of likely N-dealkylation sites (tertiary alicyclic amines) is 1. The van der Waals surface area contributed by atoms with Crippen LogP contribution in [0.25, 0.3) is 0 Å². The summed E-state index contributed by atoms with van der Waals surface area (Å²) in [6, 6.07) is 12.2. The normalized spacial score (nSPS) is 18.9. The first-order chi connectivity index (χ1) is 15.8. The van der Waals surface area contributed by atoms with Gasteiger partial charge in [0.25, 0.3) is 0 Å². The molecule has 1 amide bonds. The van der Waals surface area contributed by atoms with Crippen LogP contribution in [0.3, 0.4) is 0 Å². The third kappa shape index (κ3) is 6.46. The molecule has 2 aromatic carbocycles. The number of rotatable bonds is 9. The van der Waals surface area contributed by atoms with Crippen LogP contribution in [-0.2, 0) is 16.2 Å². The van der Waals surface area contributed by atoms with Crippen LogP contribution in [0.1, 0.15) is 30.0 Å². The Bertz CT molecular complexity index is 914. The number of nitrogens with zero attached hydrogens (tertiary/aromatic N) is 3. The van der Waals surface area contributed by atoms with Crippen LogP contribution in [-0.4, -0.2) is 67.7 Å². The standard InChI is InChI=1S/C24H30F3N3O3/c1-28(2)16-22(31)29-13-7-10-20(23(29)17-8-5-4-6-9-17)30(33-24(26)27)15-18-14-19(25)11-12-21(18)32-3/h4-6,8-9,11-12,14,20,23-24H,7,10,13,15-16H2,1-3H3. The van der Waals surface area contributed by atoms with Crippen molar-refractivity contribution >= 4 is 5.91 Å². The van der Waals surface area contributed by atoms with E-state index in [-0.39, 0.29) is 19.0 Å². The number of hydrogen-bond acceptors (Lipinski definition) is 5. The molecule has 0 radical (unpaired) electrons. The van der Waals surface area contributed by atoms with Crippen LogP contribution in [0, 0.1) is 5.82 Å². The van der Waals surface area contributed by atoms with Gasteiger partial charge in [-0.05, 0) is 50.7 Å². The summed E-state index contributed by atoms with van der Waals surface area (Å²) in [7, 11) is 5.04. The van der Waals surface area contributed by atoms with Gasteiger partial charge < -0.3 is 14.5 Å². The zero-order valence-electron chi connectivity index (χ0n) is 19.1. The number of carbonyl (C=O) groups is 1. The van der Waals surface area contributed by atoms with E-state index in [1.165, 1.54) is 30.4 Å². The first-order valence-corrected chi connectivity index (χ1v) is 10.8. The lowest BCUT2D eigenvalue weighted by Gasteiger charge is -2.45. The Balaban J connectivity index is 2.01. The van der Waals surface area contributed by atoms with Gasteiger partial charge >= 0.3 is 6.61 Å². The maximum absolute atomic E-state index is 13.9. The lowest BCUT2D eigenvalue weighted by Crippen LogP contribution is -2.53. The number of hydroxylamine groups is 2. The molecule has 1 fully saturated rings. The molecule has 9 heteroatoms. The molecular formula is C24H30F3N3O3. The smallest absolute Gasteiger partial charge is 0.360 e. The molecule has 1 aliphatic heterocycles. The van der Waals surface area contributed by atoms with Gasteiger partial charge in [0, 0.05) is 12.1 Å². The predicted octanol–water partition coefficient (Wildman–Crippen LogP) is 4.08. The highest BCUT2D eigenvalue weighted by molar-refractivity contribution is 5.79. The second-order valence-electron chi connectivity index (χ2n) is 8.29. The topological polar surface area (TPSA) is 45.3 Å². The Morgan fingerprint density at radius 3 is 2.55 bits per heavy atom. The third-order valence-electron chi connectivity index (χ3n) is 5.67. The largest absolute Gasteiger partial charge is 0.496 e. The minimum atomic E-state index is -3.08. The van der Waals surface area contributed by atoms with E-state index in [0.29, 0.717) is 30.7 Å². The Labute approximate surface area is 192 Å². The SMILES string of the molecule is COc1ccc(F)cc1CN(OC(F)F)C1CCCN(C(=O)CN(C)C)C1c1ccccc1. The molecular weight excluding hydrogens is 435 g/mol. The monoisotopic (exact) mass is 465 g/mol. The molecule has 6 nitrogen and oxygen atoms in total. The van der Waals surface area contributed by atoms with Crippen molar-refractivity contribution in [2.45, 2.75) is 38.1 Å². The quantitative estimate of drug-likeness (QED) is 0.522. The number of alkyl halides is 2. The molecule has 0 saturated carbocycles. The molecule has 1 saturated heterocycles. The van der Waals surface area contributed by atoms with E-state index in [9.17, 15) is 18.0 Å². The maximum Gasteiger partial charge on any atom is 0.360 e. The summed E-state index contributed by atoms with van der Waals surface area (Å²) < 4.78 is 46.3. The number of carbonyl (C=O) groups excluding carboxylic acids is 1. The van der Waals surface area contributed by atoms with E-state index >= 15 is 0 Å². The summed E-state index contributed by atoms with van der Waals surface area (Å²) in [6.45, 7) is -2.50. The van der Waals surface area contributed by atoms with Crippen LogP contribution in [0.2, 0.25) is 0 Å². The number of hydrogen-bond donors (Lipinski definition) is 0. The second kappa shape index (κ2) is 11.5. The van der Waals surface area contributed by atoms with E-state index in [4.69, 9.17) is 9.57 Å². The number of methoxy groups -OCH3 is 1. The highest BCUT2D eigenvalue weighted by atomic mass is 19.3. The van der Waals surface area contributed by atoms with E-state index < -0.39 is 24.5 Å². The Morgan fingerprint density at radius 2 is 1.91 bits per heavy atom. The zero-order valence-corrected chi connectivity index (χ0v) is 19.1. The van der Waals surface area contributed by atoms with Crippen molar-refractivity contribution in [1.82, 2.24) is 14.9 Å². The van der Waals surface area contributed by atoms with E-state index in [0.717, 1.165) is 5.56 Å². The number of amides is 1. The molecule has 1 heterocycles. The van der Waals surface area contributed by atoms with Gasteiger partial charge in [0.2, 0.25) is 5.91 Å². The van der Waals surface area contributed by atoms with Crippen molar-refractivity contribution in [2.24, 2.45) is 0 Å². The maximum atomic E-state index is 13.9. The van der Waals surface area contributed by atoms with Gasteiger partial charge in [-0.2, -0.15) is 13.8 Å². The molecule has 0 spiro atoms. The van der Waals surface area contributed by atoms with Gasteiger partial charge in [0.15, 0.2) is 0 Å². The summed E-state index contributed by atoms with van der Waals surface area (Å²) in [6.07, 6.45) is 1.15. The number of piperidine rings is 1. The van der Waals surface area contributed by atoms with Crippen LogP contribution < -0.4 is 4.74 Å². The second-order valence-corrected chi connectivity index (χ2v) is 8.29. The minimum absolute atomic E-state index is 0.0983. The van der Waals surface area contributed by atoms with Gasteiger partial charge in [-0.1, -0.05) is 30.3 Å². The molecule has 0 bridgehead atoms. The zero-order chi connectivity index (χ0) is 24.0. The van der Waals surface area contributed by atoms with Crippen molar-refractivity contribution in [3.05, 3.63) is 65.5 Å². The van der Waals surface area contributed by atoms with Gasteiger partial charge in [-0.3, -0.25) is 4.79 Å². The number of ether oxygens (including phenoxy) is 1. The summed E-state index contributed by atoms with van der Waals surface area (Å²) in [5.74, 6) is -0.236. The predicted molar refractivity (Wildman–Crippen MR) is 118 cm³/mol. The van der Waals surface area contributed by atoms with Gasteiger partial charge in [-0.15, -0.1) is 0 Å². The summed E-state index contributed by atoms with van der Waals surface area (Å²) >= 11 is 0. The molecule has 1 aliphatic rings. The molecule has 0 N–H and O–H groups in total.